The fraction of sp³-hybridized carbons (Fsp3) is 0.600. The highest BCUT2D eigenvalue weighted by molar-refractivity contribution is 7.89. The van der Waals surface area contributed by atoms with Crippen LogP contribution in [0.25, 0.3) is 0 Å². The molecule has 6 heteroatoms. The van der Waals surface area contributed by atoms with Gasteiger partial charge in [-0.1, -0.05) is 30.3 Å². The van der Waals surface area contributed by atoms with Gasteiger partial charge < -0.3 is 4.74 Å². The van der Waals surface area contributed by atoms with Gasteiger partial charge in [0.05, 0.1) is 25.0 Å². The number of hydrogen-bond donors (Lipinski definition) is 1. The molecule has 2 saturated heterocycles. The van der Waals surface area contributed by atoms with Crippen LogP contribution in [0.15, 0.2) is 30.3 Å². The monoisotopic (exact) mass is 310 g/mol. The highest BCUT2D eigenvalue weighted by Crippen LogP contribution is 2.21. The second kappa shape index (κ2) is 6.44. The van der Waals surface area contributed by atoms with Gasteiger partial charge >= 0.3 is 0 Å². The summed E-state index contributed by atoms with van der Waals surface area (Å²) < 4.78 is 32.2. The fourth-order valence-electron chi connectivity index (χ4n) is 3.15. The third kappa shape index (κ3) is 3.83. The predicted octanol–water partition coefficient (Wildman–Crippen LogP) is 0.969. The highest BCUT2D eigenvalue weighted by Gasteiger charge is 2.41. The van der Waals surface area contributed by atoms with E-state index in [0.717, 1.165) is 31.5 Å². The van der Waals surface area contributed by atoms with Gasteiger partial charge in [0.15, 0.2) is 0 Å². The molecule has 0 spiro atoms. The second-order valence-corrected chi connectivity index (χ2v) is 7.62. The quantitative estimate of drug-likeness (QED) is 0.880. The lowest BCUT2D eigenvalue weighted by molar-refractivity contribution is 0.0816. The van der Waals surface area contributed by atoms with Gasteiger partial charge in [-0.2, -0.15) is 0 Å². The minimum absolute atomic E-state index is 0.0493. The summed E-state index contributed by atoms with van der Waals surface area (Å²) in [5.74, 6) is 0.201. The molecule has 0 amide bonds. The van der Waals surface area contributed by atoms with Crippen molar-refractivity contribution in [2.24, 2.45) is 0 Å². The molecule has 0 aromatic heterocycles. The first kappa shape index (κ1) is 15.0. The normalized spacial score (nSPS) is 29.0. The molecule has 5 nitrogen and oxygen atoms in total. The number of nitrogens with zero attached hydrogens (tertiary/aromatic N) is 1. The molecule has 1 aromatic carbocycles. The molecule has 2 fully saturated rings. The summed E-state index contributed by atoms with van der Waals surface area (Å²) in [5, 5.41) is 0. The van der Waals surface area contributed by atoms with E-state index in [9.17, 15) is 8.42 Å². The minimum Gasteiger partial charge on any atom is -0.375 e. The maximum Gasteiger partial charge on any atom is 0.213 e. The molecule has 1 aromatic rings. The molecule has 2 heterocycles. The fourth-order valence-corrected chi connectivity index (χ4v) is 4.83. The summed E-state index contributed by atoms with van der Waals surface area (Å²) in [6.45, 7) is 2.94. The number of ether oxygens (including phenoxy) is 1. The van der Waals surface area contributed by atoms with Gasteiger partial charge in [0, 0.05) is 6.04 Å². The van der Waals surface area contributed by atoms with E-state index in [4.69, 9.17) is 4.74 Å². The lowest BCUT2D eigenvalue weighted by atomic mass is 10.1. The van der Waals surface area contributed by atoms with Crippen molar-refractivity contribution in [3.8, 4) is 0 Å². The van der Waals surface area contributed by atoms with Gasteiger partial charge in [-0.05, 0) is 31.5 Å². The standard InChI is InChI=1S/C15H22N2O3S/c18-21(19)12-15(17-8-4-5-9-17)14(16-21)11-20-10-13-6-2-1-3-7-13/h1-3,6-7,14-16H,4-5,8-12H2/t14-,15+/m0/s1. The number of rotatable bonds is 5. The third-order valence-electron chi connectivity index (χ3n) is 4.20. The maximum absolute atomic E-state index is 11.8. The zero-order valence-corrected chi connectivity index (χ0v) is 12.9. The molecule has 0 aliphatic carbocycles. The molecular formula is C15H22N2O3S. The Morgan fingerprint density at radius 1 is 1.19 bits per heavy atom. The van der Waals surface area contributed by atoms with Crippen molar-refractivity contribution < 1.29 is 13.2 Å². The zero-order chi connectivity index (χ0) is 14.7. The molecule has 2 atom stereocenters. The van der Waals surface area contributed by atoms with E-state index in [-0.39, 0.29) is 17.8 Å². The first-order valence-corrected chi connectivity index (χ1v) is 9.15. The van der Waals surface area contributed by atoms with Crippen LogP contribution in [0.3, 0.4) is 0 Å². The van der Waals surface area contributed by atoms with Gasteiger partial charge in [0.25, 0.3) is 0 Å². The SMILES string of the molecule is O=S1(=O)C[C@@H](N2CCCC2)[C@H](COCc2ccccc2)N1. The van der Waals surface area contributed by atoms with Gasteiger partial charge in [0.2, 0.25) is 10.0 Å². The molecule has 2 aliphatic rings. The second-order valence-electron chi connectivity index (χ2n) is 5.82. The molecule has 1 N–H and O–H groups in total. The van der Waals surface area contributed by atoms with Crippen LogP contribution < -0.4 is 4.72 Å². The summed E-state index contributed by atoms with van der Waals surface area (Å²) in [4.78, 5) is 2.29. The summed E-state index contributed by atoms with van der Waals surface area (Å²) in [7, 11) is -3.15. The summed E-state index contributed by atoms with van der Waals surface area (Å²) >= 11 is 0. The molecule has 3 rings (SSSR count). The summed E-state index contributed by atoms with van der Waals surface area (Å²) in [6, 6.07) is 9.87. The largest absolute Gasteiger partial charge is 0.375 e. The lowest BCUT2D eigenvalue weighted by Crippen LogP contribution is -2.46. The zero-order valence-electron chi connectivity index (χ0n) is 12.1. The molecule has 0 bridgehead atoms. The van der Waals surface area contributed by atoms with Gasteiger partial charge in [-0.3, -0.25) is 4.90 Å². The molecule has 116 valence electrons. The third-order valence-corrected chi connectivity index (χ3v) is 5.65. The Balaban J connectivity index is 1.57. The average molecular weight is 310 g/mol. The van der Waals surface area contributed by atoms with Crippen molar-refractivity contribution in [1.29, 1.82) is 0 Å². The van der Waals surface area contributed by atoms with E-state index in [1.54, 1.807) is 0 Å². The van der Waals surface area contributed by atoms with Crippen LogP contribution in [0.2, 0.25) is 0 Å². The van der Waals surface area contributed by atoms with Crippen molar-refractivity contribution in [3.05, 3.63) is 35.9 Å². The first-order valence-electron chi connectivity index (χ1n) is 7.50. The van der Waals surface area contributed by atoms with Gasteiger partial charge in [0.1, 0.15) is 0 Å². The molecule has 0 unspecified atom stereocenters. The Kier molecular flexibility index (Phi) is 4.59. The van der Waals surface area contributed by atoms with E-state index >= 15 is 0 Å². The lowest BCUT2D eigenvalue weighted by Gasteiger charge is -2.27. The summed E-state index contributed by atoms with van der Waals surface area (Å²) in [6.07, 6.45) is 2.32. The van der Waals surface area contributed by atoms with Crippen LogP contribution in [-0.4, -0.2) is 50.9 Å². The summed E-state index contributed by atoms with van der Waals surface area (Å²) in [5.41, 5.74) is 1.11. The number of nitrogens with one attached hydrogen (secondary N) is 1. The molecule has 0 radical (unpaired) electrons. The minimum atomic E-state index is -3.15. The van der Waals surface area contributed by atoms with E-state index in [1.165, 1.54) is 0 Å². The van der Waals surface area contributed by atoms with Crippen molar-refractivity contribution >= 4 is 10.0 Å². The molecule has 21 heavy (non-hydrogen) atoms. The Morgan fingerprint density at radius 3 is 2.62 bits per heavy atom. The Hall–Kier alpha value is -0.950. The van der Waals surface area contributed by atoms with Crippen molar-refractivity contribution in [2.75, 3.05) is 25.4 Å². The number of benzene rings is 1. The Morgan fingerprint density at radius 2 is 1.90 bits per heavy atom. The van der Waals surface area contributed by atoms with Crippen LogP contribution in [0, 0.1) is 0 Å². The van der Waals surface area contributed by atoms with E-state index < -0.39 is 10.0 Å². The Bertz CT molecular complexity index is 556. The van der Waals surface area contributed by atoms with Gasteiger partial charge in [-0.15, -0.1) is 0 Å². The van der Waals surface area contributed by atoms with Crippen molar-refractivity contribution in [3.63, 3.8) is 0 Å². The van der Waals surface area contributed by atoms with Crippen molar-refractivity contribution in [1.82, 2.24) is 9.62 Å². The van der Waals surface area contributed by atoms with Crippen LogP contribution >= 0.6 is 0 Å². The van der Waals surface area contributed by atoms with Crippen molar-refractivity contribution in [2.45, 2.75) is 31.5 Å². The first-order chi connectivity index (χ1) is 10.1. The van der Waals surface area contributed by atoms with E-state index in [2.05, 4.69) is 9.62 Å². The van der Waals surface area contributed by atoms with Crippen LogP contribution in [-0.2, 0) is 21.4 Å². The number of likely N-dealkylation sites (tertiary alicyclic amines) is 1. The average Bonchev–Trinajstić information content (AvgIpc) is 3.07. The van der Waals surface area contributed by atoms with E-state index in [1.807, 2.05) is 30.3 Å². The molecule has 0 saturated carbocycles. The predicted molar refractivity (Wildman–Crippen MR) is 81.4 cm³/mol. The van der Waals surface area contributed by atoms with Crippen LogP contribution in [0.5, 0.6) is 0 Å². The maximum atomic E-state index is 11.8. The van der Waals surface area contributed by atoms with E-state index in [0.29, 0.717) is 13.2 Å². The highest BCUT2D eigenvalue weighted by atomic mass is 32.2. The Labute approximate surface area is 126 Å². The van der Waals surface area contributed by atoms with Gasteiger partial charge in [-0.25, -0.2) is 13.1 Å². The number of hydrogen-bond acceptors (Lipinski definition) is 4. The van der Waals surface area contributed by atoms with Crippen LogP contribution in [0.1, 0.15) is 18.4 Å². The molecular weight excluding hydrogens is 288 g/mol. The van der Waals surface area contributed by atoms with Crippen LogP contribution in [0.4, 0.5) is 0 Å². The molecule has 2 aliphatic heterocycles. The smallest absolute Gasteiger partial charge is 0.213 e. The topological polar surface area (TPSA) is 58.6 Å². The number of sulfonamides is 1.